The molecule has 1 aliphatic heterocycles. The lowest BCUT2D eigenvalue weighted by atomic mass is 9.92. The summed E-state index contributed by atoms with van der Waals surface area (Å²) in [6, 6.07) is 11.6. The van der Waals surface area contributed by atoms with Crippen LogP contribution in [0.15, 0.2) is 42.5 Å². The minimum Gasteiger partial charge on any atom is -0.545 e. The summed E-state index contributed by atoms with van der Waals surface area (Å²) >= 11 is 6.21. The van der Waals surface area contributed by atoms with Crippen LogP contribution in [-0.4, -0.2) is 24.0 Å². The quantitative estimate of drug-likeness (QED) is 0.739. The predicted molar refractivity (Wildman–Crippen MR) is 105 cm³/mol. The molecule has 142 valence electrons. The number of fused-ring (bicyclic) bond motifs is 2. The van der Waals surface area contributed by atoms with Crippen LogP contribution in [0, 0.1) is 5.82 Å². The Morgan fingerprint density at radius 1 is 1.25 bits per heavy atom. The van der Waals surface area contributed by atoms with Gasteiger partial charge in [0.1, 0.15) is 18.9 Å². The zero-order chi connectivity index (χ0) is 19.8. The van der Waals surface area contributed by atoms with Crippen LogP contribution in [0.4, 0.5) is 4.39 Å². The molecule has 1 N–H and O–H groups in total. The summed E-state index contributed by atoms with van der Waals surface area (Å²) in [4.78, 5) is 17.9. The van der Waals surface area contributed by atoms with Gasteiger partial charge in [0.25, 0.3) is 0 Å². The number of carboxylic acids is 1. The van der Waals surface area contributed by atoms with Gasteiger partial charge in [-0.2, -0.15) is 0 Å². The first-order valence-corrected chi connectivity index (χ1v) is 9.48. The number of carbonyl (C=O) groups excluding carboxylic acids is 1. The number of para-hydroxylation sites is 1. The van der Waals surface area contributed by atoms with Crippen molar-refractivity contribution < 1.29 is 19.2 Å². The molecule has 0 fully saturated rings. The molecule has 2 aromatic carbocycles. The fraction of sp³-hybridized carbons (Fsp3) is 0.182. The van der Waals surface area contributed by atoms with Gasteiger partial charge in [-0.05, 0) is 31.2 Å². The van der Waals surface area contributed by atoms with Crippen LogP contribution in [-0.2, 0) is 6.54 Å². The van der Waals surface area contributed by atoms with Gasteiger partial charge in [-0.25, -0.2) is 9.37 Å². The van der Waals surface area contributed by atoms with Crippen molar-refractivity contribution in [3.05, 3.63) is 75.7 Å². The minimum absolute atomic E-state index is 0.164. The van der Waals surface area contributed by atoms with Crippen molar-refractivity contribution in [1.29, 1.82) is 0 Å². The third-order valence-electron chi connectivity index (χ3n) is 5.19. The number of quaternary nitrogens is 1. The molecule has 0 saturated carbocycles. The molecule has 3 aromatic rings. The number of carboxylic acid groups (broad SMARTS) is 1. The molecule has 0 saturated heterocycles. The number of rotatable bonds is 3. The summed E-state index contributed by atoms with van der Waals surface area (Å²) in [5.41, 5.74) is 2.99. The average Bonchev–Trinajstić information content (AvgIpc) is 2.68. The van der Waals surface area contributed by atoms with E-state index in [2.05, 4.69) is 0 Å². The van der Waals surface area contributed by atoms with Crippen molar-refractivity contribution in [1.82, 2.24) is 4.98 Å². The molecule has 6 heteroatoms. The molecule has 0 aliphatic carbocycles. The number of nitrogens with one attached hydrogen (secondary N) is 1. The molecule has 1 atom stereocenters. The van der Waals surface area contributed by atoms with Gasteiger partial charge in [0.2, 0.25) is 0 Å². The summed E-state index contributed by atoms with van der Waals surface area (Å²) in [7, 11) is 0. The summed E-state index contributed by atoms with van der Waals surface area (Å²) in [5, 5.41) is 12.9. The number of benzene rings is 2. The van der Waals surface area contributed by atoms with Gasteiger partial charge in [0, 0.05) is 27.6 Å². The van der Waals surface area contributed by atoms with Crippen molar-refractivity contribution in [2.75, 3.05) is 13.1 Å². The topological polar surface area (TPSA) is 57.5 Å². The fourth-order valence-electron chi connectivity index (χ4n) is 3.78. The molecule has 4 nitrogen and oxygen atoms in total. The smallest absolute Gasteiger partial charge is 0.131 e. The molecule has 0 amide bonds. The number of likely N-dealkylation sites (N-methyl/N-ethyl adjacent to an activating group) is 1. The first kappa shape index (κ1) is 18.6. The first-order valence-electron chi connectivity index (χ1n) is 9.11. The van der Waals surface area contributed by atoms with E-state index in [9.17, 15) is 14.3 Å². The maximum absolute atomic E-state index is 14.4. The van der Waals surface area contributed by atoms with Gasteiger partial charge in [-0.1, -0.05) is 35.9 Å². The van der Waals surface area contributed by atoms with E-state index in [1.54, 1.807) is 36.4 Å². The second-order valence-electron chi connectivity index (χ2n) is 6.88. The van der Waals surface area contributed by atoms with E-state index in [-0.39, 0.29) is 11.1 Å². The lowest BCUT2D eigenvalue weighted by molar-refractivity contribution is -0.905. The summed E-state index contributed by atoms with van der Waals surface area (Å²) in [6.07, 6.45) is 1.69. The molecular weight excluding hydrogens is 379 g/mol. The molecule has 28 heavy (non-hydrogen) atoms. The third-order valence-corrected chi connectivity index (χ3v) is 5.52. The van der Waals surface area contributed by atoms with Crippen molar-refractivity contribution in [3.63, 3.8) is 0 Å². The molecule has 1 aromatic heterocycles. The van der Waals surface area contributed by atoms with Crippen LogP contribution < -0.4 is 10.0 Å². The Balaban J connectivity index is 2.02. The standard InChI is InChI=1S/C22H18ClFN2O2/c1-2-26-11-13(10-15-17(23)7-5-8-18(15)24)21-16(12-26)20(22(27)28)14-6-3-4-9-19(14)25-21/h3-10H,2,11-12H2,1H3,(H,27,28)/b13-10+. The number of aromatic carboxylic acids is 1. The van der Waals surface area contributed by atoms with Crippen LogP contribution in [0.2, 0.25) is 5.02 Å². The summed E-state index contributed by atoms with van der Waals surface area (Å²) < 4.78 is 14.4. The lowest BCUT2D eigenvalue weighted by Crippen LogP contribution is -3.11. The van der Waals surface area contributed by atoms with E-state index >= 15 is 0 Å². The van der Waals surface area contributed by atoms with Gasteiger partial charge in [-0.3, -0.25) is 0 Å². The lowest BCUT2D eigenvalue weighted by Gasteiger charge is -2.29. The van der Waals surface area contributed by atoms with E-state index in [1.807, 2.05) is 13.0 Å². The van der Waals surface area contributed by atoms with Crippen molar-refractivity contribution in [2.24, 2.45) is 0 Å². The van der Waals surface area contributed by atoms with Gasteiger partial charge >= 0.3 is 0 Å². The molecular formula is C22H18ClFN2O2. The predicted octanol–water partition coefficient (Wildman–Crippen LogP) is 2.35. The molecule has 1 unspecified atom stereocenters. The van der Waals surface area contributed by atoms with E-state index in [0.717, 1.165) is 17.0 Å². The highest BCUT2D eigenvalue weighted by molar-refractivity contribution is 6.32. The number of nitrogens with zero attached hydrogens (tertiary/aromatic N) is 1. The average molecular weight is 397 g/mol. The molecule has 1 aliphatic rings. The highest BCUT2D eigenvalue weighted by Gasteiger charge is 2.28. The van der Waals surface area contributed by atoms with E-state index in [4.69, 9.17) is 16.6 Å². The van der Waals surface area contributed by atoms with Crippen LogP contribution in [0.5, 0.6) is 0 Å². The summed E-state index contributed by atoms with van der Waals surface area (Å²) in [6.45, 7) is 3.95. The van der Waals surface area contributed by atoms with Gasteiger partial charge in [-0.15, -0.1) is 0 Å². The van der Waals surface area contributed by atoms with Gasteiger partial charge in [0.05, 0.1) is 28.7 Å². The Kier molecular flexibility index (Phi) is 4.87. The Morgan fingerprint density at radius 3 is 2.75 bits per heavy atom. The second kappa shape index (κ2) is 7.34. The van der Waals surface area contributed by atoms with Crippen molar-refractivity contribution in [2.45, 2.75) is 13.5 Å². The van der Waals surface area contributed by atoms with Crippen molar-refractivity contribution in [3.8, 4) is 0 Å². The Labute approximate surface area is 166 Å². The molecule has 4 rings (SSSR count). The van der Waals surface area contributed by atoms with E-state index in [0.29, 0.717) is 40.3 Å². The Hall–Kier alpha value is -2.76. The van der Waals surface area contributed by atoms with Crippen molar-refractivity contribution >= 4 is 40.1 Å². The first-order chi connectivity index (χ1) is 13.5. The van der Waals surface area contributed by atoms with E-state index < -0.39 is 11.8 Å². The molecule has 0 spiro atoms. The van der Waals surface area contributed by atoms with Crippen LogP contribution in [0.3, 0.4) is 0 Å². The summed E-state index contributed by atoms with van der Waals surface area (Å²) in [5.74, 6) is -1.65. The number of carbonyl (C=O) groups is 1. The maximum Gasteiger partial charge on any atom is 0.131 e. The number of pyridine rings is 1. The van der Waals surface area contributed by atoms with Crippen LogP contribution in [0.25, 0.3) is 22.6 Å². The monoisotopic (exact) mass is 396 g/mol. The van der Waals surface area contributed by atoms with Crippen LogP contribution in [0.1, 0.15) is 34.1 Å². The third kappa shape index (κ3) is 3.17. The van der Waals surface area contributed by atoms with E-state index in [1.165, 1.54) is 6.07 Å². The number of hydrogen-bond donors (Lipinski definition) is 1. The zero-order valence-electron chi connectivity index (χ0n) is 15.3. The zero-order valence-corrected chi connectivity index (χ0v) is 16.0. The Bertz CT molecular complexity index is 1110. The number of hydrogen-bond acceptors (Lipinski definition) is 3. The normalized spacial score (nSPS) is 17.7. The van der Waals surface area contributed by atoms with Gasteiger partial charge in [0.15, 0.2) is 0 Å². The molecule has 0 radical (unpaired) electrons. The molecule has 2 heterocycles. The van der Waals surface area contributed by atoms with Gasteiger partial charge < -0.3 is 14.8 Å². The van der Waals surface area contributed by atoms with Crippen LogP contribution >= 0.6 is 11.6 Å². The Morgan fingerprint density at radius 2 is 2.04 bits per heavy atom. The largest absolute Gasteiger partial charge is 0.545 e. The molecule has 0 bridgehead atoms. The second-order valence-corrected chi connectivity index (χ2v) is 7.29. The SMILES string of the molecule is CC[NH+]1C/C(=C\c2c(F)cccc2Cl)c2nc3ccccc3c(C(=O)[O-])c2C1. The minimum atomic E-state index is -1.23. The number of halogens is 2. The highest BCUT2D eigenvalue weighted by atomic mass is 35.5. The number of aromatic nitrogens is 1. The maximum atomic E-state index is 14.4. The fourth-order valence-corrected chi connectivity index (χ4v) is 4.00. The highest BCUT2D eigenvalue weighted by Crippen LogP contribution is 2.31.